The van der Waals surface area contributed by atoms with Crippen molar-refractivity contribution >= 4 is 40.8 Å². The van der Waals surface area contributed by atoms with Gasteiger partial charge < -0.3 is 19.5 Å². The predicted octanol–water partition coefficient (Wildman–Crippen LogP) is 4.92. The molecule has 1 atom stereocenters. The van der Waals surface area contributed by atoms with Crippen molar-refractivity contribution in [2.75, 3.05) is 19.5 Å². The van der Waals surface area contributed by atoms with Gasteiger partial charge in [-0.1, -0.05) is 29.3 Å². The van der Waals surface area contributed by atoms with E-state index in [2.05, 4.69) is 11.9 Å². The van der Waals surface area contributed by atoms with Crippen molar-refractivity contribution in [1.29, 1.82) is 0 Å². The van der Waals surface area contributed by atoms with E-state index in [1.807, 2.05) is 0 Å². The van der Waals surface area contributed by atoms with Gasteiger partial charge in [-0.2, -0.15) is 0 Å². The van der Waals surface area contributed by atoms with Gasteiger partial charge in [0.15, 0.2) is 17.6 Å². The highest BCUT2D eigenvalue weighted by atomic mass is 35.5. The van der Waals surface area contributed by atoms with Gasteiger partial charge in [-0.25, -0.2) is 4.79 Å². The predicted molar refractivity (Wildman–Crippen MR) is 113 cm³/mol. The van der Waals surface area contributed by atoms with Gasteiger partial charge >= 0.3 is 5.97 Å². The Kier molecular flexibility index (Phi) is 7.93. The number of anilines is 1. The van der Waals surface area contributed by atoms with E-state index in [-0.39, 0.29) is 5.56 Å². The Morgan fingerprint density at radius 3 is 2.52 bits per heavy atom. The molecule has 0 aliphatic heterocycles. The maximum Gasteiger partial charge on any atom is 0.339 e. The fourth-order valence-electron chi connectivity index (χ4n) is 2.58. The average molecular weight is 438 g/mol. The van der Waals surface area contributed by atoms with E-state index in [0.29, 0.717) is 39.2 Å². The van der Waals surface area contributed by atoms with Crippen LogP contribution in [0, 0.1) is 0 Å². The van der Waals surface area contributed by atoms with Crippen molar-refractivity contribution < 1.29 is 23.8 Å². The Morgan fingerprint density at radius 2 is 1.90 bits per heavy atom. The molecule has 154 valence electrons. The molecule has 2 rings (SSSR count). The summed E-state index contributed by atoms with van der Waals surface area (Å²) in [6.45, 7) is 5.16. The minimum absolute atomic E-state index is 0.222. The van der Waals surface area contributed by atoms with Gasteiger partial charge in [0.05, 0.1) is 30.5 Å². The van der Waals surface area contributed by atoms with Gasteiger partial charge in [-0.15, -0.1) is 6.58 Å². The molecule has 0 fully saturated rings. The molecule has 8 heteroatoms. The van der Waals surface area contributed by atoms with E-state index in [1.165, 1.54) is 33.3 Å². The van der Waals surface area contributed by atoms with Crippen molar-refractivity contribution in [3.8, 4) is 11.5 Å². The number of carbonyl (C=O) groups excluding carboxylic acids is 2. The number of allylic oxidation sites excluding steroid dienone is 1. The molecule has 0 saturated carbocycles. The van der Waals surface area contributed by atoms with Crippen LogP contribution in [0.15, 0.2) is 43.0 Å². The summed E-state index contributed by atoms with van der Waals surface area (Å²) >= 11 is 12.0. The van der Waals surface area contributed by atoms with Crippen molar-refractivity contribution in [1.82, 2.24) is 0 Å². The normalized spacial score (nSPS) is 11.3. The molecule has 0 spiro atoms. The number of benzene rings is 2. The number of nitrogens with one attached hydrogen (secondary N) is 1. The zero-order chi connectivity index (χ0) is 21.6. The molecule has 1 N–H and O–H groups in total. The van der Waals surface area contributed by atoms with Gasteiger partial charge in [0.1, 0.15) is 0 Å². The molecule has 0 radical (unpaired) electrons. The Balaban J connectivity index is 2.18. The number of hydrogen-bond acceptors (Lipinski definition) is 5. The largest absolute Gasteiger partial charge is 0.493 e. The molecular formula is C21H21Cl2NO5. The lowest BCUT2D eigenvalue weighted by atomic mass is 10.1. The zero-order valence-electron chi connectivity index (χ0n) is 16.3. The van der Waals surface area contributed by atoms with Gasteiger partial charge in [0.25, 0.3) is 5.91 Å². The van der Waals surface area contributed by atoms with Crippen molar-refractivity contribution in [2.45, 2.75) is 19.4 Å². The second kappa shape index (κ2) is 10.2. The van der Waals surface area contributed by atoms with Gasteiger partial charge in [-0.05, 0) is 43.7 Å². The van der Waals surface area contributed by atoms with Crippen LogP contribution in [0.4, 0.5) is 5.69 Å². The Bertz CT molecular complexity index is 930. The number of methoxy groups -OCH3 is 2. The monoisotopic (exact) mass is 437 g/mol. The van der Waals surface area contributed by atoms with Crippen LogP contribution < -0.4 is 14.8 Å². The number of carbonyl (C=O) groups is 2. The highest BCUT2D eigenvalue weighted by Gasteiger charge is 2.22. The van der Waals surface area contributed by atoms with Crippen molar-refractivity contribution in [3.05, 3.63) is 64.2 Å². The first-order valence-electron chi connectivity index (χ1n) is 8.63. The van der Waals surface area contributed by atoms with Crippen LogP contribution in [0.5, 0.6) is 11.5 Å². The summed E-state index contributed by atoms with van der Waals surface area (Å²) in [4.78, 5) is 25.0. The van der Waals surface area contributed by atoms with Gasteiger partial charge in [0, 0.05) is 10.6 Å². The lowest BCUT2D eigenvalue weighted by Crippen LogP contribution is -2.30. The first-order chi connectivity index (χ1) is 13.8. The number of ether oxygens (including phenoxy) is 3. The lowest BCUT2D eigenvalue weighted by Gasteiger charge is -2.16. The maximum absolute atomic E-state index is 12.6. The summed E-state index contributed by atoms with van der Waals surface area (Å²) in [5.41, 5.74) is 1.25. The number of rotatable bonds is 8. The molecule has 2 aromatic carbocycles. The molecule has 1 unspecified atom stereocenters. The zero-order valence-corrected chi connectivity index (χ0v) is 17.8. The minimum atomic E-state index is -1.08. The summed E-state index contributed by atoms with van der Waals surface area (Å²) < 4.78 is 15.9. The lowest BCUT2D eigenvalue weighted by molar-refractivity contribution is -0.123. The minimum Gasteiger partial charge on any atom is -0.493 e. The molecule has 29 heavy (non-hydrogen) atoms. The second-order valence-corrected chi connectivity index (χ2v) is 6.87. The van der Waals surface area contributed by atoms with E-state index in [0.717, 1.165) is 0 Å². The quantitative estimate of drug-likeness (QED) is 0.468. The smallest absolute Gasteiger partial charge is 0.339 e. The summed E-state index contributed by atoms with van der Waals surface area (Å²) in [6, 6.07) is 7.77. The summed E-state index contributed by atoms with van der Waals surface area (Å²) in [5, 5.41) is 3.32. The highest BCUT2D eigenvalue weighted by molar-refractivity contribution is 6.35. The van der Waals surface area contributed by atoms with Crippen LogP contribution in [0.25, 0.3) is 0 Å². The van der Waals surface area contributed by atoms with E-state index in [9.17, 15) is 9.59 Å². The third-order valence-electron chi connectivity index (χ3n) is 4.00. The van der Waals surface area contributed by atoms with Crippen molar-refractivity contribution in [2.24, 2.45) is 0 Å². The number of amides is 1. The fraction of sp³-hybridized carbons (Fsp3) is 0.238. The molecule has 0 heterocycles. The van der Waals surface area contributed by atoms with E-state index in [1.54, 1.807) is 24.3 Å². The Morgan fingerprint density at radius 1 is 1.17 bits per heavy atom. The number of halogens is 2. The SMILES string of the molecule is C=CCc1cc(C(=O)OC(C)C(=O)Nc2cc(Cl)ccc2Cl)cc(OC)c1OC. The van der Waals surface area contributed by atoms with Crippen LogP contribution in [-0.4, -0.2) is 32.2 Å². The first-order valence-corrected chi connectivity index (χ1v) is 9.39. The molecule has 0 aromatic heterocycles. The van der Waals surface area contributed by atoms with Crippen LogP contribution >= 0.6 is 23.2 Å². The molecule has 1 amide bonds. The van der Waals surface area contributed by atoms with Crippen molar-refractivity contribution in [3.63, 3.8) is 0 Å². The highest BCUT2D eigenvalue weighted by Crippen LogP contribution is 2.33. The third-order valence-corrected chi connectivity index (χ3v) is 4.56. The molecule has 0 aliphatic carbocycles. The van der Waals surface area contributed by atoms with Gasteiger partial charge in [-0.3, -0.25) is 4.79 Å². The Hall–Kier alpha value is -2.70. The fourth-order valence-corrected chi connectivity index (χ4v) is 2.91. The number of esters is 1. The van der Waals surface area contributed by atoms with E-state index >= 15 is 0 Å². The molecular weight excluding hydrogens is 417 g/mol. The maximum atomic E-state index is 12.6. The standard InChI is InChI=1S/C21H21Cl2NO5/c1-5-6-13-9-14(10-18(27-3)19(13)28-4)21(26)29-12(2)20(25)24-17-11-15(22)7-8-16(17)23/h5,7-12H,1,6H2,2-4H3,(H,24,25). The summed E-state index contributed by atoms with van der Waals surface area (Å²) in [7, 11) is 2.98. The Labute approximate surface area is 179 Å². The topological polar surface area (TPSA) is 73.9 Å². The van der Waals surface area contributed by atoms with Crippen LogP contribution in [0.3, 0.4) is 0 Å². The van der Waals surface area contributed by atoms with Crippen LogP contribution in [0.1, 0.15) is 22.8 Å². The van der Waals surface area contributed by atoms with E-state index < -0.39 is 18.0 Å². The molecule has 0 saturated heterocycles. The average Bonchev–Trinajstić information content (AvgIpc) is 2.70. The third kappa shape index (κ3) is 5.65. The van der Waals surface area contributed by atoms with Gasteiger partial charge in [0.2, 0.25) is 0 Å². The molecule has 6 nitrogen and oxygen atoms in total. The summed E-state index contributed by atoms with van der Waals surface area (Å²) in [5.74, 6) is -0.350. The summed E-state index contributed by atoms with van der Waals surface area (Å²) in [6.07, 6.45) is 1.06. The van der Waals surface area contributed by atoms with Crippen LogP contribution in [-0.2, 0) is 16.0 Å². The first kappa shape index (κ1) is 22.6. The molecule has 0 aliphatic rings. The van der Waals surface area contributed by atoms with Crippen LogP contribution in [0.2, 0.25) is 10.0 Å². The van der Waals surface area contributed by atoms with E-state index in [4.69, 9.17) is 37.4 Å². The molecule has 2 aromatic rings. The molecule has 0 bridgehead atoms. The number of hydrogen-bond donors (Lipinski definition) is 1. The second-order valence-electron chi connectivity index (χ2n) is 6.02.